The predicted molar refractivity (Wildman–Crippen MR) is 102 cm³/mol. The highest BCUT2D eigenvalue weighted by Gasteiger charge is 2.16. The van der Waals surface area contributed by atoms with E-state index in [0.717, 1.165) is 0 Å². The first kappa shape index (κ1) is 17.2. The number of benzene rings is 2. The summed E-state index contributed by atoms with van der Waals surface area (Å²) in [4.78, 5) is 41.8. The van der Waals surface area contributed by atoms with E-state index >= 15 is 0 Å². The SMILES string of the molecule is O=C(Nc1cc2ccc(O)c(O)c2[nH]c1=O)c1cc2cccc(O)c2[nH]c1=O. The zero-order valence-electron chi connectivity index (χ0n) is 14.1. The van der Waals surface area contributed by atoms with Crippen LogP contribution in [0.4, 0.5) is 5.69 Å². The molecule has 28 heavy (non-hydrogen) atoms. The molecule has 6 N–H and O–H groups in total. The Morgan fingerprint density at radius 1 is 0.821 bits per heavy atom. The van der Waals surface area contributed by atoms with Crippen LogP contribution in [0.25, 0.3) is 21.8 Å². The number of amides is 1. The molecule has 2 aromatic heterocycles. The van der Waals surface area contributed by atoms with Crippen LogP contribution in [0.15, 0.2) is 52.1 Å². The van der Waals surface area contributed by atoms with Gasteiger partial charge in [-0.25, -0.2) is 0 Å². The highest BCUT2D eigenvalue weighted by atomic mass is 16.3. The van der Waals surface area contributed by atoms with E-state index in [1.807, 2.05) is 0 Å². The van der Waals surface area contributed by atoms with Crippen LogP contribution in [0.3, 0.4) is 0 Å². The molecule has 0 aliphatic rings. The molecule has 0 atom stereocenters. The average molecular weight is 379 g/mol. The summed E-state index contributed by atoms with van der Waals surface area (Å²) in [7, 11) is 0. The molecule has 4 aromatic rings. The summed E-state index contributed by atoms with van der Waals surface area (Å²) in [5, 5.41) is 32.3. The molecule has 4 rings (SSSR count). The van der Waals surface area contributed by atoms with Crippen LogP contribution < -0.4 is 16.4 Å². The first-order valence-corrected chi connectivity index (χ1v) is 8.09. The van der Waals surface area contributed by atoms with Gasteiger partial charge in [-0.2, -0.15) is 0 Å². The highest BCUT2D eigenvalue weighted by molar-refractivity contribution is 6.06. The zero-order valence-corrected chi connectivity index (χ0v) is 14.1. The van der Waals surface area contributed by atoms with Gasteiger partial charge in [-0.15, -0.1) is 0 Å². The number of phenols is 3. The van der Waals surface area contributed by atoms with Crippen molar-refractivity contribution in [2.75, 3.05) is 5.32 Å². The average Bonchev–Trinajstić information content (AvgIpc) is 2.66. The van der Waals surface area contributed by atoms with Gasteiger partial charge in [-0.1, -0.05) is 12.1 Å². The maximum atomic E-state index is 12.5. The Bertz CT molecular complexity index is 1390. The number of nitrogens with one attached hydrogen (secondary N) is 3. The number of pyridine rings is 2. The molecule has 0 radical (unpaired) electrons. The van der Waals surface area contributed by atoms with Gasteiger partial charge in [0.2, 0.25) is 0 Å². The molecule has 0 fully saturated rings. The number of H-pyrrole nitrogens is 2. The number of fused-ring (bicyclic) bond motifs is 2. The van der Waals surface area contributed by atoms with Gasteiger partial charge in [-0.3, -0.25) is 14.4 Å². The number of carbonyl (C=O) groups excluding carboxylic acids is 1. The number of hydrogen-bond acceptors (Lipinski definition) is 6. The largest absolute Gasteiger partial charge is 0.506 e. The molecule has 9 nitrogen and oxygen atoms in total. The summed E-state index contributed by atoms with van der Waals surface area (Å²) in [5.74, 6) is -1.83. The van der Waals surface area contributed by atoms with Gasteiger partial charge < -0.3 is 30.6 Å². The molecular formula is C19H13N3O6. The van der Waals surface area contributed by atoms with E-state index in [4.69, 9.17) is 0 Å². The normalized spacial score (nSPS) is 11.0. The number of anilines is 1. The van der Waals surface area contributed by atoms with Crippen LogP contribution in [0.2, 0.25) is 0 Å². The minimum atomic E-state index is -0.820. The van der Waals surface area contributed by atoms with Crippen LogP contribution in [0.5, 0.6) is 17.2 Å². The van der Waals surface area contributed by atoms with Gasteiger partial charge in [0, 0.05) is 10.8 Å². The van der Waals surface area contributed by atoms with Gasteiger partial charge in [0.05, 0.1) is 11.0 Å². The number of carbonyl (C=O) groups is 1. The first-order chi connectivity index (χ1) is 13.3. The minimum absolute atomic E-state index is 0.0158. The van der Waals surface area contributed by atoms with E-state index in [2.05, 4.69) is 15.3 Å². The summed E-state index contributed by atoms with van der Waals surface area (Å²) >= 11 is 0. The highest BCUT2D eigenvalue weighted by Crippen LogP contribution is 2.32. The Labute approximate surface area is 155 Å². The van der Waals surface area contributed by atoms with E-state index in [-0.39, 0.29) is 28.0 Å². The van der Waals surface area contributed by atoms with Gasteiger partial charge in [0.25, 0.3) is 17.0 Å². The lowest BCUT2D eigenvalue weighted by atomic mass is 10.1. The summed E-state index contributed by atoms with van der Waals surface area (Å²) in [5.41, 5.74) is -1.63. The van der Waals surface area contributed by atoms with Crippen molar-refractivity contribution in [3.05, 3.63) is 68.7 Å². The fraction of sp³-hybridized carbons (Fsp3) is 0. The number of rotatable bonds is 2. The zero-order chi connectivity index (χ0) is 20.0. The smallest absolute Gasteiger partial charge is 0.272 e. The Morgan fingerprint density at radius 2 is 1.54 bits per heavy atom. The predicted octanol–water partition coefficient (Wildman–Crippen LogP) is 1.74. The van der Waals surface area contributed by atoms with Crippen LogP contribution in [0, 0.1) is 0 Å². The first-order valence-electron chi connectivity index (χ1n) is 8.09. The quantitative estimate of drug-likeness (QED) is 0.291. The van der Waals surface area contributed by atoms with Crippen LogP contribution in [-0.4, -0.2) is 31.2 Å². The molecule has 140 valence electrons. The Kier molecular flexibility index (Phi) is 3.78. The van der Waals surface area contributed by atoms with Crippen LogP contribution in [0.1, 0.15) is 10.4 Å². The van der Waals surface area contributed by atoms with Crippen molar-refractivity contribution in [2.24, 2.45) is 0 Å². The van der Waals surface area contributed by atoms with Crippen molar-refractivity contribution in [3.8, 4) is 17.2 Å². The Morgan fingerprint density at radius 3 is 2.32 bits per heavy atom. The third kappa shape index (κ3) is 2.71. The van der Waals surface area contributed by atoms with Crippen molar-refractivity contribution < 1.29 is 20.1 Å². The minimum Gasteiger partial charge on any atom is -0.506 e. The Balaban J connectivity index is 1.77. The number of para-hydroxylation sites is 1. The van der Waals surface area contributed by atoms with Crippen molar-refractivity contribution in [1.82, 2.24) is 9.97 Å². The van der Waals surface area contributed by atoms with E-state index in [0.29, 0.717) is 10.8 Å². The van der Waals surface area contributed by atoms with Crippen LogP contribution >= 0.6 is 0 Å². The standard InChI is InChI=1S/C19H13N3O6/c23-12-3-1-2-8-6-10(18(27)21-14(8)12)17(26)20-11-7-9-4-5-13(24)16(25)15(9)22-19(11)28/h1-7,23-25H,(H,20,26)(H,21,27)(H,22,28). The lowest BCUT2D eigenvalue weighted by molar-refractivity contribution is 0.102. The summed E-state index contributed by atoms with van der Waals surface area (Å²) < 4.78 is 0. The molecule has 0 saturated heterocycles. The molecule has 0 aliphatic carbocycles. The third-order valence-electron chi connectivity index (χ3n) is 4.32. The van der Waals surface area contributed by atoms with Crippen LogP contribution in [-0.2, 0) is 0 Å². The summed E-state index contributed by atoms with van der Waals surface area (Å²) in [6, 6.07) is 9.88. The molecule has 1 amide bonds. The fourth-order valence-corrected chi connectivity index (χ4v) is 2.92. The lowest BCUT2D eigenvalue weighted by Gasteiger charge is -2.08. The molecule has 2 heterocycles. The summed E-state index contributed by atoms with van der Waals surface area (Å²) in [6.07, 6.45) is 0. The van der Waals surface area contributed by atoms with Gasteiger partial charge in [0.15, 0.2) is 11.5 Å². The second-order valence-corrected chi connectivity index (χ2v) is 6.12. The molecular weight excluding hydrogens is 366 g/mol. The molecule has 0 bridgehead atoms. The van der Waals surface area contributed by atoms with E-state index < -0.39 is 28.5 Å². The number of hydrogen-bond donors (Lipinski definition) is 6. The van der Waals surface area contributed by atoms with Crippen molar-refractivity contribution >= 4 is 33.4 Å². The molecule has 0 unspecified atom stereocenters. The second-order valence-electron chi connectivity index (χ2n) is 6.12. The van der Waals surface area contributed by atoms with E-state index in [1.54, 1.807) is 12.1 Å². The van der Waals surface area contributed by atoms with E-state index in [9.17, 15) is 29.7 Å². The topological polar surface area (TPSA) is 156 Å². The Hall–Kier alpha value is -4.27. The molecule has 0 aliphatic heterocycles. The maximum absolute atomic E-state index is 12.5. The molecule has 2 aromatic carbocycles. The fourth-order valence-electron chi connectivity index (χ4n) is 2.92. The molecule has 9 heteroatoms. The van der Waals surface area contributed by atoms with Gasteiger partial charge >= 0.3 is 0 Å². The second kappa shape index (κ2) is 6.16. The number of aromatic hydroxyl groups is 3. The lowest BCUT2D eigenvalue weighted by Crippen LogP contribution is -2.26. The number of phenolic OH excluding ortho intramolecular Hbond substituents is 3. The molecule has 0 saturated carbocycles. The van der Waals surface area contributed by atoms with Crippen molar-refractivity contribution in [3.63, 3.8) is 0 Å². The number of aromatic nitrogens is 2. The van der Waals surface area contributed by atoms with Gasteiger partial charge in [-0.05, 0) is 30.3 Å². The molecule has 0 spiro atoms. The van der Waals surface area contributed by atoms with E-state index in [1.165, 1.54) is 30.3 Å². The maximum Gasteiger partial charge on any atom is 0.272 e. The monoisotopic (exact) mass is 379 g/mol. The van der Waals surface area contributed by atoms with Gasteiger partial charge in [0.1, 0.15) is 17.0 Å². The third-order valence-corrected chi connectivity index (χ3v) is 4.32. The number of aromatic amines is 2. The van der Waals surface area contributed by atoms with Crippen molar-refractivity contribution in [2.45, 2.75) is 0 Å². The summed E-state index contributed by atoms with van der Waals surface area (Å²) in [6.45, 7) is 0. The van der Waals surface area contributed by atoms with Crippen molar-refractivity contribution in [1.29, 1.82) is 0 Å².